The smallest absolute Gasteiger partial charge is 0.434 e. The third kappa shape index (κ3) is 4.42. The van der Waals surface area contributed by atoms with Gasteiger partial charge in [-0.05, 0) is 0 Å². The predicted octanol–water partition coefficient (Wildman–Crippen LogP) is 2.84. The zero-order valence-corrected chi connectivity index (χ0v) is 12.8. The summed E-state index contributed by atoms with van der Waals surface area (Å²) in [7, 11) is 1.32. The summed E-state index contributed by atoms with van der Waals surface area (Å²) in [6, 6.07) is 0. The Hall–Kier alpha value is -1.64. The molecule has 0 saturated carbocycles. The summed E-state index contributed by atoms with van der Waals surface area (Å²) in [5.41, 5.74) is -1.13. The maximum Gasteiger partial charge on any atom is 0.434 e. The van der Waals surface area contributed by atoms with E-state index in [1.165, 1.54) is 14.0 Å². The van der Waals surface area contributed by atoms with Gasteiger partial charge in [-0.25, -0.2) is 4.98 Å². The van der Waals surface area contributed by atoms with Gasteiger partial charge >= 0.3 is 12.1 Å². The van der Waals surface area contributed by atoms with Crippen molar-refractivity contribution in [2.75, 3.05) is 11.9 Å². The molecule has 0 radical (unpaired) electrons. The highest BCUT2D eigenvalue weighted by Gasteiger charge is 2.38. The van der Waals surface area contributed by atoms with Gasteiger partial charge < -0.3 is 4.74 Å². The molecule has 0 aromatic carbocycles. The van der Waals surface area contributed by atoms with Crippen LogP contribution in [0.15, 0.2) is 0 Å². The van der Waals surface area contributed by atoms with Crippen molar-refractivity contribution in [2.45, 2.75) is 33.6 Å². The molecule has 21 heavy (non-hydrogen) atoms. The SMILES string of the molecule is CC(=O)N(C)c1nc(C(F)(F)F)c(COC(=O)C(C)C)s1. The number of alkyl halides is 3. The number of ether oxygens (including phenoxy) is 1. The van der Waals surface area contributed by atoms with Crippen LogP contribution in [0.4, 0.5) is 18.3 Å². The lowest BCUT2D eigenvalue weighted by Crippen LogP contribution is -2.22. The second-order valence-electron chi connectivity index (χ2n) is 4.61. The monoisotopic (exact) mass is 324 g/mol. The minimum absolute atomic E-state index is 0.0922. The minimum Gasteiger partial charge on any atom is -0.460 e. The molecule has 0 saturated heterocycles. The molecular formula is C12H15F3N2O3S. The molecule has 0 aliphatic heterocycles. The number of anilines is 1. The van der Waals surface area contributed by atoms with Crippen LogP contribution in [0.2, 0.25) is 0 Å². The largest absolute Gasteiger partial charge is 0.460 e. The third-order valence-corrected chi connectivity index (χ3v) is 3.64. The average Bonchev–Trinajstić information content (AvgIpc) is 2.78. The molecule has 0 spiro atoms. The summed E-state index contributed by atoms with van der Waals surface area (Å²) < 4.78 is 43.5. The fraction of sp³-hybridized carbons (Fsp3) is 0.583. The number of hydrogen-bond donors (Lipinski definition) is 0. The Labute approximate surface area is 123 Å². The Morgan fingerprint density at radius 2 is 1.95 bits per heavy atom. The van der Waals surface area contributed by atoms with E-state index in [-0.39, 0.29) is 10.0 Å². The maximum absolute atomic E-state index is 12.9. The second-order valence-corrected chi connectivity index (χ2v) is 5.67. The minimum atomic E-state index is -4.67. The van der Waals surface area contributed by atoms with Crippen LogP contribution < -0.4 is 4.90 Å². The number of nitrogens with zero attached hydrogens (tertiary/aromatic N) is 2. The average molecular weight is 324 g/mol. The lowest BCUT2D eigenvalue weighted by molar-refractivity contribution is -0.151. The normalized spacial score (nSPS) is 11.6. The van der Waals surface area contributed by atoms with E-state index in [4.69, 9.17) is 4.74 Å². The maximum atomic E-state index is 12.9. The van der Waals surface area contributed by atoms with Crippen molar-refractivity contribution in [1.29, 1.82) is 0 Å². The van der Waals surface area contributed by atoms with E-state index >= 15 is 0 Å². The molecule has 5 nitrogen and oxygen atoms in total. The van der Waals surface area contributed by atoms with Gasteiger partial charge in [0.05, 0.1) is 10.8 Å². The van der Waals surface area contributed by atoms with Gasteiger partial charge in [-0.15, -0.1) is 0 Å². The fourth-order valence-corrected chi connectivity index (χ4v) is 2.24. The van der Waals surface area contributed by atoms with E-state index in [9.17, 15) is 22.8 Å². The third-order valence-electron chi connectivity index (χ3n) is 2.53. The van der Waals surface area contributed by atoms with Crippen LogP contribution in [0.1, 0.15) is 31.3 Å². The lowest BCUT2D eigenvalue weighted by Gasteiger charge is -2.09. The van der Waals surface area contributed by atoms with Gasteiger partial charge in [0.25, 0.3) is 0 Å². The van der Waals surface area contributed by atoms with Crippen LogP contribution >= 0.6 is 11.3 Å². The molecule has 9 heteroatoms. The summed E-state index contributed by atoms with van der Waals surface area (Å²) >= 11 is 0.673. The van der Waals surface area contributed by atoms with Crippen LogP contribution in [0.3, 0.4) is 0 Å². The molecule has 1 aromatic heterocycles. The fourth-order valence-electron chi connectivity index (χ4n) is 1.24. The summed E-state index contributed by atoms with van der Waals surface area (Å²) in [4.78, 5) is 26.7. The van der Waals surface area contributed by atoms with Crippen LogP contribution in [0.25, 0.3) is 0 Å². The molecule has 0 unspecified atom stereocenters. The number of amides is 1. The van der Waals surface area contributed by atoms with Crippen LogP contribution in [-0.2, 0) is 27.1 Å². The first-order valence-corrected chi connectivity index (χ1v) is 6.83. The van der Waals surface area contributed by atoms with E-state index in [1.807, 2.05) is 0 Å². The second kappa shape index (κ2) is 6.42. The number of carbonyl (C=O) groups excluding carboxylic acids is 2. The molecule has 0 aliphatic rings. The van der Waals surface area contributed by atoms with Crippen molar-refractivity contribution in [3.63, 3.8) is 0 Å². The quantitative estimate of drug-likeness (QED) is 0.799. The molecule has 1 rings (SSSR count). The molecule has 0 fully saturated rings. The lowest BCUT2D eigenvalue weighted by atomic mass is 10.2. The highest BCUT2D eigenvalue weighted by Crippen LogP contribution is 2.37. The Morgan fingerprint density at radius 1 is 1.38 bits per heavy atom. The molecule has 0 aliphatic carbocycles. The number of rotatable bonds is 4. The summed E-state index contributed by atoms with van der Waals surface area (Å²) in [6.07, 6.45) is -4.67. The van der Waals surface area contributed by atoms with E-state index in [2.05, 4.69) is 4.98 Å². The van der Waals surface area contributed by atoms with Gasteiger partial charge in [0.2, 0.25) is 5.91 Å². The van der Waals surface area contributed by atoms with E-state index in [0.29, 0.717) is 11.3 Å². The van der Waals surface area contributed by atoms with Crippen LogP contribution in [0.5, 0.6) is 0 Å². The molecule has 1 aromatic rings. The number of thiazole rings is 1. The topological polar surface area (TPSA) is 59.5 Å². The van der Waals surface area contributed by atoms with Gasteiger partial charge in [-0.3, -0.25) is 14.5 Å². The van der Waals surface area contributed by atoms with Crippen molar-refractivity contribution < 1.29 is 27.5 Å². The Kier molecular flexibility index (Phi) is 5.32. The van der Waals surface area contributed by atoms with E-state index < -0.39 is 36.3 Å². The number of aromatic nitrogens is 1. The van der Waals surface area contributed by atoms with Crippen molar-refractivity contribution in [3.8, 4) is 0 Å². The molecule has 1 heterocycles. The van der Waals surface area contributed by atoms with Crippen LogP contribution in [-0.4, -0.2) is 23.9 Å². The van der Waals surface area contributed by atoms with Crippen LogP contribution in [0, 0.1) is 5.92 Å². The zero-order valence-electron chi connectivity index (χ0n) is 11.9. The molecular weight excluding hydrogens is 309 g/mol. The van der Waals surface area contributed by atoms with Crippen molar-refractivity contribution >= 4 is 28.3 Å². The Balaban J connectivity index is 3.06. The van der Waals surface area contributed by atoms with Gasteiger partial charge in [0, 0.05) is 14.0 Å². The molecule has 0 N–H and O–H groups in total. The summed E-state index contributed by atoms with van der Waals surface area (Å²) in [5, 5.41) is -0.0922. The summed E-state index contributed by atoms with van der Waals surface area (Å²) in [6.45, 7) is 3.85. The Morgan fingerprint density at radius 3 is 2.38 bits per heavy atom. The number of hydrogen-bond acceptors (Lipinski definition) is 5. The highest BCUT2D eigenvalue weighted by molar-refractivity contribution is 7.15. The van der Waals surface area contributed by atoms with E-state index in [1.54, 1.807) is 13.8 Å². The molecule has 0 bridgehead atoms. The number of halogens is 3. The van der Waals surface area contributed by atoms with Crippen molar-refractivity contribution in [2.24, 2.45) is 5.92 Å². The Bertz CT molecular complexity index is 540. The van der Waals surface area contributed by atoms with Gasteiger partial charge in [0.1, 0.15) is 6.61 Å². The summed E-state index contributed by atoms with van der Waals surface area (Å²) in [5.74, 6) is -1.48. The first-order chi connectivity index (χ1) is 9.54. The number of carbonyl (C=O) groups is 2. The highest BCUT2D eigenvalue weighted by atomic mass is 32.1. The predicted molar refractivity (Wildman–Crippen MR) is 70.8 cm³/mol. The standard InChI is InChI=1S/C12H15F3N2O3S/c1-6(2)10(19)20-5-8-9(12(13,14)15)16-11(21-8)17(4)7(3)18/h6H,5H2,1-4H3. The molecule has 118 valence electrons. The van der Waals surface area contributed by atoms with E-state index in [0.717, 1.165) is 4.90 Å². The van der Waals surface area contributed by atoms with Gasteiger partial charge in [-0.1, -0.05) is 25.2 Å². The molecule has 1 amide bonds. The first-order valence-electron chi connectivity index (χ1n) is 6.01. The zero-order chi connectivity index (χ0) is 16.4. The van der Waals surface area contributed by atoms with Gasteiger partial charge in [-0.2, -0.15) is 13.2 Å². The molecule has 0 atom stereocenters. The van der Waals surface area contributed by atoms with Crippen molar-refractivity contribution in [1.82, 2.24) is 4.98 Å². The first kappa shape index (κ1) is 17.4. The number of esters is 1. The van der Waals surface area contributed by atoms with Crippen molar-refractivity contribution in [3.05, 3.63) is 10.6 Å². The van der Waals surface area contributed by atoms with Gasteiger partial charge in [0.15, 0.2) is 10.8 Å².